The average molecular weight is 479 g/mol. The number of aryl methyl sites for hydroxylation is 1. The zero-order valence-electron chi connectivity index (χ0n) is 19.7. The van der Waals surface area contributed by atoms with Gasteiger partial charge < -0.3 is 19.3 Å². The molecule has 0 fully saturated rings. The number of ether oxygens (including phenoxy) is 3. The van der Waals surface area contributed by atoms with E-state index >= 15 is 0 Å². The molecule has 6 heteroatoms. The minimum absolute atomic E-state index is 0.346. The smallest absolute Gasteiger partial charge is 0.341 e. The van der Waals surface area contributed by atoms with Gasteiger partial charge in [-0.1, -0.05) is 30.3 Å². The summed E-state index contributed by atoms with van der Waals surface area (Å²) >= 11 is 1.70. The minimum atomic E-state index is -0.989. The highest BCUT2D eigenvalue weighted by Crippen LogP contribution is 2.31. The monoisotopic (exact) mass is 478 g/mol. The fraction of sp³-hybridized carbons (Fsp3) is 0.250. The van der Waals surface area contributed by atoms with Crippen molar-refractivity contribution in [3.63, 3.8) is 0 Å². The number of aliphatic carboxylic acids is 1. The lowest BCUT2D eigenvalue weighted by Gasteiger charge is -2.13. The first-order chi connectivity index (χ1) is 16.5. The van der Waals surface area contributed by atoms with Crippen LogP contribution < -0.4 is 14.2 Å². The molecule has 1 N–H and O–H groups in total. The number of benzene rings is 3. The van der Waals surface area contributed by atoms with Gasteiger partial charge in [-0.2, -0.15) is 0 Å². The molecule has 0 atom stereocenters. The molecule has 0 aliphatic rings. The number of rotatable bonds is 12. The molecule has 0 heterocycles. The molecule has 0 unspecified atom stereocenters. The molecule has 3 aromatic carbocycles. The van der Waals surface area contributed by atoms with Gasteiger partial charge in [0.1, 0.15) is 17.2 Å². The molecular formula is C28H30O5S. The Morgan fingerprint density at radius 2 is 1.50 bits per heavy atom. The lowest BCUT2D eigenvalue weighted by Crippen LogP contribution is -2.09. The van der Waals surface area contributed by atoms with Gasteiger partial charge in [-0.15, -0.1) is 11.8 Å². The minimum Gasteiger partial charge on any atom is -0.494 e. The molecule has 0 aromatic heterocycles. The van der Waals surface area contributed by atoms with Crippen molar-refractivity contribution in [1.82, 2.24) is 0 Å². The van der Waals surface area contributed by atoms with Crippen LogP contribution in [-0.2, 0) is 4.79 Å². The molecule has 0 bridgehead atoms. The molecule has 3 rings (SSSR count). The van der Waals surface area contributed by atoms with Gasteiger partial charge in [0.15, 0.2) is 6.61 Å². The second-order valence-electron chi connectivity index (χ2n) is 7.46. The quantitative estimate of drug-likeness (QED) is 0.301. The van der Waals surface area contributed by atoms with Crippen molar-refractivity contribution < 1.29 is 24.1 Å². The van der Waals surface area contributed by atoms with Crippen LogP contribution in [0, 0.1) is 6.92 Å². The van der Waals surface area contributed by atoms with Gasteiger partial charge in [0.25, 0.3) is 0 Å². The predicted octanol–water partition coefficient (Wildman–Crippen LogP) is 6.48. The van der Waals surface area contributed by atoms with Crippen molar-refractivity contribution in [2.45, 2.75) is 25.7 Å². The van der Waals surface area contributed by atoms with Gasteiger partial charge in [0, 0.05) is 10.6 Å². The third-order valence-electron chi connectivity index (χ3n) is 4.95. The van der Waals surface area contributed by atoms with E-state index in [0.717, 1.165) is 44.4 Å². The van der Waals surface area contributed by atoms with E-state index in [2.05, 4.69) is 30.3 Å². The zero-order valence-corrected chi connectivity index (χ0v) is 20.6. The van der Waals surface area contributed by atoms with Gasteiger partial charge in [-0.05, 0) is 85.5 Å². The molecule has 0 aliphatic heterocycles. The van der Waals surface area contributed by atoms with E-state index in [1.165, 1.54) is 0 Å². The number of hydrogen-bond donors (Lipinski definition) is 1. The molecule has 0 radical (unpaired) electrons. The normalized spacial score (nSPS) is 10.4. The summed E-state index contributed by atoms with van der Waals surface area (Å²) in [6.45, 7) is 6.76. The van der Waals surface area contributed by atoms with E-state index in [0.29, 0.717) is 19.0 Å². The highest BCUT2D eigenvalue weighted by Gasteiger charge is 2.09. The lowest BCUT2D eigenvalue weighted by atomic mass is 9.97. The van der Waals surface area contributed by atoms with E-state index in [-0.39, 0.29) is 6.61 Å². The third kappa shape index (κ3) is 7.32. The Labute approximate surface area is 205 Å². The lowest BCUT2D eigenvalue weighted by molar-refractivity contribution is -0.139. The SMILES string of the molecule is CCOc1cccc(C(=CCSc2ccc(OCC(=O)O)c(C)c2)c2cccc(OCC)c2)c1. The molecule has 178 valence electrons. The van der Waals surface area contributed by atoms with E-state index in [1.54, 1.807) is 11.8 Å². The fourth-order valence-corrected chi connectivity index (χ4v) is 4.34. The fourth-order valence-electron chi connectivity index (χ4n) is 3.48. The van der Waals surface area contributed by atoms with Crippen LogP contribution in [0.5, 0.6) is 17.2 Å². The van der Waals surface area contributed by atoms with Crippen molar-refractivity contribution in [2.75, 3.05) is 25.6 Å². The van der Waals surface area contributed by atoms with Crippen molar-refractivity contribution in [2.24, 2.45) is 0 Å². The summed E-state index contributed by atoms with van der Waals surface area (Å²) in [5.41, 5.74) is 4.17. The average Bonchev–Trinajstić information content (AvgIpc) is 2.82. The van der Waals surface area contributed by atoms with E-state index in [1.807, 2.05) is 63.2 Å². The Bertz CT molecular complexity index is 1090. The van der Waals surface area contributed by atoms with Crippen LogP contribution in [-0.4, -0.2) is 36.6 Å². The Morgan fingerprint density at radius 3 is 2.03 bits per heavy atom. The summed E-state index contributed by atoms with van der Waals surface area (Å²) in [5, 5.41) is 8.82. The molecule has 3 aromatic rings. The number of hydrogen-bond acceptors (Lipinski definition) is 5. The number of carboxylic acids is 1. The summed E-state index contributed by atoms with van der Waals surface area (Å²) in [5.74, 6) is 2.03. The molecule has 0 spiro atoms. The molecule has 0 aliphatic carbocycles. The maximum atomic E-state index is 10.8. The van der Waals surface area contributed by atoms with Gasteiger partial charge in [-0.25, -0.2) is 4.79 Å². The van der Waals surface area contributed by atoms with Crippen molar-refractivity contribution in [1.29, 1.82) is 0 Å². The molecule has 34 heavy (non-hydrogen) atoms. The molecule has 0 saturated carbocycles. The van der Waals surface area contributed by atoms with E-state index in [4.69, 9.17) is 19.3 Å². The zero-order chi connectivity index (χ0) is 24.3. The first-order valence-electron chi connectivity index (χ1n) is 11.2. The van der Waals surface area contributed by atoms with Gasteiger partial charge in [0.05, 0.1) is 13.2 Å². The van der Waals surface area contributed by atoms with Crippen LogP contribution in [0.4, 0.5) is 0 Å². The van der Waals surface area contributed by atoms with Crippen LogP contribution in [0.3, 0.4) is 0 Å². The number of carbonyl (C=O) groups is 1. The van der Waals surface area contributed by atoms with Gasteiger partial charge >= 0.3 is 5.97 Å². The summed E-state index contributed by atoms with van der Waals surface area (Å²) < 4.78 is 16.8. The van der Waals surface area contributed by atoms with E-state index < -0.39 is 5.97 Å². The highest BCUT2D eigenvalue weighted by atomic mass is 32.2. The van der Waals surface area contributed by atoms with Gasteiger partial charge in [0.2, 0.25) is 0 Å². The van der Waals surface area contributed by atoms with Crippen molar-refractivity contribution in [3.8, 4) is 17.2 Å². The molecule has 0 saturated heterocycles. The van der Waals surface area contributed by atoms with Crippen molar-refractivity contribution >= 4 is 23.3 Å². The molecular weight excluding hydrogens is 448 g/mol. The van der Waals surface area contributed by atoms with Crippen molar-refractivity contribution in [3.05, 3.63) is 89.5 Å². The summed E-state index contributed by atoms with van der Waals surface area (Å²) in [6.07, 6.45) is 2.21. The van der Waals surface area contributed by atoms with Crippen LogP contribution in [0.15, 0.2) is 77.7 Å². The predicted molar refractivity (Wildman–Crippen MR) is 137 cm³/mol. The van der Waals surface area contributed by atoms with E-state index in [9.17, 15) is 4.79 Å². The number of carboxylic acid groups (broad SMARTS) is 1. The maximum Gasteiger partial charge on any atom is 0.341 e. The third-order valence-corrected chi connectivity index (χ3v) is 5.87. The van der Waals surface area contributed by atoms with Crippen LogP contribution in [0.2, 0.25) is 0 Å². The Hall–Kier alpha value is -3.38. The highest BCUT2D eigenvalue weighted by molar-refractivity contribution is 7.99. The first-order valence-corrected chi connectivity index (χ1v) is 12.2. The number of thioether (sulfide) groups is 1. The molecule has 5 nitrogen and oxygen atoms in total. The Balaban J connectivity index is 1.84. The Kier molecular flexibility index (Phi) is 9.47. The van der Waals surface area contributed by atoms with Crippen LogP contribution in [0.1, 0.15) is 30.5 Å². The largest absolute Gasteiger partial charge is 0.494 e. The second-order valence-corrected chi connectivity index (χ2v) is 8.55. The summed E-state index contributed by atoms with van der Waals surface area (Å²) in [6, 6.07) is 22.0. The second kappa shape index (κ2) is 12.8. The van der Waals surface area contributed by atoms with Gasteiger partial charge in [-0.3, -0.25) is 0 Å². The summed E-state index contributed by atoms with van der Waals surface area (Å²) in [4.78, 5) is 11.8. The Morgan fingerprint density at radius 1 is 0.882 bits per heavy atom. The topological polar surface area (TPSA) is 65.0 Å². The van der Waals surface area contributed by atoms with Crippen LogP contribution >= 0.6 is 11.8 Å². The summed E-state index contributed by atoms with van der Waals surface area (Å²) in [7, 11) is 0. The molecule has 0 amide bonds. The maximum absolute atomic E-state index is 10.8. The standard InChI is InChI=1S/C28H30O5S/c1-4-31-23-10-6-8-21(17-23)26(22-9-7-11-24(18-22)32-5-2)14-15-34-25-12-13-27(20(3)16-25)33-19-28(29)30/h6-14,16-18H,4-5,15,19H2,1-3H3,(H,29,30). The first kappa shape index (κ1) is 25.2. The van der Waals surface area contributed by atoms with Crippen LogP contribution in [0.25, 0.3) is 5.57 Å².